The van der Waals surface area contributed by atoms with Crippen LogP contribution < -0.4 is 10.1 Å². The summed E-state index contributed by atoms with van der Waals surface area (Å²) in [6, 6.07) is 6.21. The highest BCUT2D eigenvalue weighted by Crippen LogP contribution is 2.33. The van der Waals surface area contributed by atoms with E-state index < -0.39 is 0 Å². The Bertz CT molecular complexity index is 425. The Hall–Kier alpha value is -0.770. The van der Waals surface area contributed by atoms with Crippen molar-refractivity contribution in [3.8, 4) is 5.75 Å². The van der Waals surface area contributed by atoms with E-state index in [1.807, 2.05) is 32.2 Å². The van der Waals surface area contributed by atoms with Crippen LogP contribution in [0.4, 0.5) is 0 Å². The number of hydrogen-bond donors (Lipinski definition) is 1. The number of halogens is 1. The number of hydrogen-bond acceptors (Lipinski definition) is 3. The monoisotopic (exact) mass is 283 g/mol. The van der Waals surface area contributed by atoms with Crippen LogP contribution in [0.3, 0.4) is 0 Å². The van der Waals surface area contributed by atoms with Crippen LogP contribution in [0.15, 0.2) is 18.2 Å². The minimum absolute atomic E-state index is 0.0864. The molecular weight excluding hydrogens is 262 g/mol. The van der Waals surface area contributed by atoms with Gasteiger partial charge in [-0.15, -0.1) is 0 Å². The lowest BCUT2D eigenvalue weighted by molar-refractivity contribution is -0.106. The Balaban J connectivity index is 2.00. The number of aryl methyl sites for hydroxylation is 1. The van der Waals surface area contributed by atoms with Crippen molar-refractivity contribution in [2.24, 2.45) is 0 Å². The van der Waals surface area contributed by atoms with Crippen LogP contribution >= 0.6 is 11.6 Å². The van der Waals surface area contributed by atoms with Crippen LogP contribution in [0.1, 0.15) is 25.3 Å². The van der Waals surface area contributed by atoms with Gasteiger partial charge in [-0.3, -0.25) is 0 Å². The lowest BCUT2D eigenvalue weighted by Gasteiger charge is -2.43. The van der Waals surface area contributed by atoms with E-state index in [1.54, 1.807) is 0 Å². The minimum Gasteiger partial charge on any atom is -0.486 e. The van der Waals surface area contributed by atoms with E-state index in [0.29, 0.717) is 11.1 Å². The van der Waals surface area contributed by atoms with E-state index in [2.05, 4.69) is 12.2 Å². The van der Waals surface area contributed by atoms with Crippen molar-refractivity contribution >= 4 is 11.6 Å². The summed E-state index contributed by atoms with van der Waals surface area (Å²) < 4.78 is 11.9. The molecule has 106 valence electrons. The fourth-order valence-corrected chi connectivity index (χ4v) is 2.48. The molecule has 1 aromatic carbocycles. The summed E-state index contributed by atoms with van der Waals surface area (Å²) in [5.41, 5.74) is 1.15. The molecule has 0 aliphatic heterocycles. The summed E-state index contributed by atoms with van der Waals surface area (Å²) >= 11 is 6.16. The summed E-state index contributed by atoms with van der Waals surface area (Å²) in [4.78, 5) is 0. The van der Waals surface area contributed by atoms with Crippen LogP contribution in [0.25, 0.3) is 0 Å². The molecule has 1 aliphatic rings. The Morgan fingerprint density at radius 2 is 2.21 bits per heavy atom. The van der Waals surface area contributed by atoms with E-state index in [4.69, 9.17) is 21.1 Å². The van der Waals surface area contributed by atoms with Gasteiger partial charge < -0.3 is 14.8 Å². The number of rotatable bonds is 6. The molecule has 3 atom stereocenters. The van der Waals surface area contributed by atoms with Gasteiger partial charge in [-0.25, -0.2) is 0 Å². The normalized spacial score (nSPS) is 26.0. The molecule has 19 heavy (non-hydrogen) atoms. The molecule has 1 aromatic rings. The van der Waals surface area contributed by atoms with Crippen LogP contribution in [-0.4, -0.2) is 31.9 Å². The van der Waals surface area contributed by atoms with Crippen molar-refractivity contribution in [3.63, 3.8) is 0 Å². The van der Waals surface area contributed by atoms with Crippen molar-refractivity contribution in [1.82, 2.24) is 5.32 Å². The minimum atomic E-state index is 0.0864. The van der Waals surface area contributed by atoms with Gasteiger partial charge in [0.05, 0.1) is 5.02 Å². The average molecular weight is 284 g/mol. The molecule has 1 fully saturated rings. The third-order valence-corrected chi connectivity index (χ3v) is 3.81. The molecule has 4 heteroatoms. The Morgan fingerprint density at radius 1 is 1.42 bits per heavy atom. The first kappa shape index (κ1) is 14.6. The van der Waals surface area contributed by atoms with Crippen LogP contribution in [0, 0.1) is 6.92 Å². The van der Waals surface area contributed by atoms with E-state index in [1.165, 1.54) is 0 Å². The maximum absolute atomic E-state index is 6.16. The summed E-state index contributed by atoms with van der Waals surface area (Å²) in [5.74, 6) is 0.756. The molecule has 0 heterocycles. The molecular formula is C15H22ClNO2. The molecule has 0 amide bonds. The highest BCUT2D eigenvalue weighted by molar-refractivity contribution is 6.32. The summed E-state index contributed by atoms with van der Waals surface area (Å²) in [5, 5.41) is 3.92. The lowest BCUT2D eigenvalue weighted by atomic mass is 9.85. The zero-order valence-corrected chi connectivity index (χ0v) is 12.5. The molecule has 3 nitrogen and oxygen atoms in total. The van der Waals surface area contributed by atoms with Crippen molar-refractivity contribution in [3.05, 3.63) is 28.8 Å². The van der Waals surface area contributed by atoms with Gasteiger partial charge in [0.25, 0.3) is 0 Å². The third kappa shape index (κ3) is 3.41. The maximum atomic E-state index is 6.16. The highest BCUT2D eigenvalue weighted by Gasteiger charge is 2.43. The van der Waals surface area contributed by atoms with Gasteiger partial charge in [-0.1, -0.05) is 24.6 Å². The van der Waals surface area contributed by atoms with Gasteiger partial charge in [0, 0.05) is 19.1 Å². The van der Waals surface area contributed by atoms with E-state index >= 15 is 0 Å². The SMILES string of the molecule is CCCOC1C(NC)CC1Oc1cc(C)ccc1Cl. The first-order valence-corrected chi connectivity index (χ1v) is 7.25. The van der Waals surface area contributed by atoms with Crippen LogP contribution in [-0.2, 0) is 4.74 Å². The Kier molecular flexibility index (Phi) is 5.08. The predicted molar refractivity (Wildman–Crippen MR) is 78.1 cm³/mol. The molecule has 0 spiro atoms. The second-order valence-corrected chi connectivity index (χ2v) is 5.46. The largest absolute Gasteiger partial charge is 0.486 e. The number of ether oxygens (including phenoxy) is 2. The Morgan fingerprint density at radius 3 is 2.89 bits per heavy atom. The first-order valence-electron chi connectivity index (χ1n) is 6.87. The van der Waals surface area contributed by atoms with Gasteiger partial charge in [0.1, 0.15) is 18.0 Å². The molecule has 1 saturated carbocycles. The Labute approximate surface area is 120 Å². The fourth-order valence-electron chi connectivity index (χ4n) is 2.32. The molecule has 0 radical (unpaired) electrons. The fraction of sp³-hybridized carbons (Fsp3) is 0.600. The van der Waals surface area contributed by atoms with E-state index in [9.17, 15) is 0 Å². The summed E-state index contributed by atoms with van der Waals surface area (Å²) in [6.07, 6.45) is 2.17. The molecule has 0 aromatic heterocycles. The highest BCUT2D eigenvalue weighted by atomic mass is 35.5. The topological polar surface area (TPSA) is 30.5 Å². The molecule has 0 bridgehead atoms. The zero-order chi connectivity index (χ0) is 13.8. The summed E-state index contributed by atoms with van der Waals surface area (Å²) in [7, 11) is 1.96. The number of likely N-dealkylation sites (N-methyl/N-ethyl adjacent to an activating group) is 1. The van der Waals surface area contributed by atoms with Crippen LogP contribution in [0.2, 0.25) is 5.02 Å². The molecule has 3 unspecified atom stereocenters. The zero-order valence-electron chi connectivity index (χ0n) is 11.8. The van der Waals surface area contributed by atoms with Gasteiger partial charge in [-0.2, -0.15) is 0 Å². The van der Waals surface area contributed by atoms with Crippen molar-refractivity contribution in [2.75, 3.05) is 13.7 Å². The average Bonchev–Trinajstić information content (AvgIpc) is 2.38. The second kappa shape index (κ2) is 6.60. The van der Waals surface area contributed by atoms with Crippen molar-refractivity contribution < 1.29 is 9.47 Å². The quantitative estimate of drug-likeness (QED) is 0.870. The van der Waals surface area contributed by atoms with E-state index in [-0.39, 0.29) is 12.2 Å². The maximum Gasteiger partial charge on any atom is 0.138 e. The number of benzene rings is 1. The van der Waals surface area contributed by atoms with Gasteiger partial charge in [0.2, 0.25) is 0 Å². The molecule has 1 aliphatic carbocycles. The van der Waals surface area contributed by atoms with Crippen molar-refractivity contribution in [2.45, 2.75) is 44.9 Å². The van der Waals surface area contributed by atoms with Gasteiger partial charge in [0.15, 0.2) is 0 Å². The summed E-state index contributed by atoms with van der Waals surface area (Å²) in [6.45, 7) is 4.91. The van der Waals surface area contributed by atoms with Crippen LogP contribution in [0.5, 0.6) is 5.75 Å². The number of nitrogens with one attached hydrogen (secondary N) is 1. The first-order chi connectivity index (χ1) is 9.15. The molecule has 0 saturated heterocycles. The molecule has 2 rings (SSSR count). The standard InChI is InChI=1S/C15H22ClNO2/c1-4-7-18-15-12(17-3)9-14(15)19-13-8-10(2)5-6-11(13)16/h5-6,8,12,14-15,17H,4,7,9H2,1-3H3. The second-order valence-electron chi connectivity index (χ2n) is 5.06. The van der Waals surface area contributed by atoms with Gasteiger partial charge in [-0.05, 0) is 38.1 Å². The van der Waals surface area contributed by atoms with Gasteiger partial charge >= 0.3 is 0 Å². The smallest absolute Gasteiger partial charge is 0.138 e. The predicted octanol–water partition coefficient (Wildman–Crippen LogP) is 3.18. The van der Waals surface area contributed by atoms with E-state index in [0.717, 1.165) is 30.8 Å². The third-order valence-electron chi connectivity index (χ3n) is 3.50. The molecule has 1 N–H and O–H groups in total. The van der Waals surface area contributed by atoms with Crippen molar-refractivity contribution in [1.29, 1.82) is 0 Å². The lowest BCUT2D eigenvalue weighted by Crippen LogP contribution is -2.60.